The molecule has 0 bridgehead atoms. The van der Waals surface area contributed by atoms with Crippen LogP contribution in [0.3, 0.4) is 0 Å². The Morgan fingerprint density at radius 3 is 3.08 bits per heavy atom. The van der Waals surface area contributed by atoms with E-state index in [-0.39, 0.29) is 0 Å². The zero-order valence-electron chi connectivity index (χ0n) is 6.11. The van der Waals surface area contributed by atoms with Crippen molar-refractivity contribution in [3.63, 3.8) is 0 Å². The van der Waals surface area contributed by atoms with E-state index >= 15 is 0 Å². The lowest BCUT2D eigenvalue weighted by atomic mass is 10.3. The Balaban J connectivity index is 2.66. The maximum Gasteiger partial charge on any atom is 0.333 e. The van der Waals surface area contributed by atoms with Crippen molar-refractivity contribution in [2.24, 2.45) is 5.73 Å². The number of carbonyl (C=O) groups is 1. The summed E-state index contributed by atoms with van der Waals surface area (Å²) in [7, 11) is 0. The monoisotopic (exact) mass is 165 g/mol. The summed E-state index contributed by atoms with van der Waals surface area (Å²) in [4.78, 5) is 16.7. The molecule has 1 rings (SSSR count). The van der Waals surface area contributed by atoms with Gasteiger partial charge in [-0.15, -0.1) is 0 Å². The molecule has 0 radical (unpaired) electrons. The Morgan fingerprint density at radius 1 is 1.83 bits per heavy atom. The summed E-state index contributed by atoms with van der Waals surface area (Å²) in [5.41, 5.74) is 5.60. The van der Waals surface area contributed by atoms with Crippen molar-refractivity contribution in [1.29, 1.82) is 0 Å². The molecule has 12 heavy (non-hydrogen) atoms. The van der Waals surface area contributed by atoms with Crippen LogP contribution in [0.1, 0.15) is 5.69 Å². The molecule has 0 aliphatic carbocycles. The number of nitrogens with one attached hydrogen (secondary N) is 1. The van der Waals surface area contributed by atoms with E-state index in [2.05, 4.69) is 21.8 Å². The topological polar surface area (TPSA) is 92.0 Å². The second kappa shape index (κ2) is 3.55. The summed E-state index contributed by atoms with van der Waals surface area (Å²) in [6.45, 7) is 0. The van der Waals surface area contributed by atoms with Crippen molar-refractivity contribution in [3.05, 3.63) is 18.2 Å². The summed E-state index contributed by atoms with van der Waals surface area (Å²) >= 11 is 0. The lowest BCUT2D eigenvalue weighted by Gasteiger charge is -1.91. The molecule has 0 aromatic carbocycles. The van der Waals surface area contributed by atoms with Crippen molar-refractivity contribution in [2.45, 2.75) is 6.04 Å². The van der Waals surface area contributed by atoms with E-state index in [9.17, 15) is 4.79 Å². The molecule has 1 aromatic heterocycles. The van der Waals surface area contributed by atoms with Crippen molar-refractivity contribution < 1.29 is 9.90 Å². The third-order valence-corrected chi connectivity index (χ3v) is 1.12. The number of aliphatic carboxylic acids is 1. The van der Waals surface area contributed by atoms with Crippen LogP contribution in [-0.4, -0.2) is 27.1 Å². The van der Waals surface area contributed by atoms with Gasteiger partial charge in [-0.25, -0.2) is 9.78 Å². The van der Waals surface area contributed by atoms with E-state index in [4.69, 9.17) is 10.8 Å². The Morgan fingerprint density at radius 2 is 2.58 bits per heavy atom. The minimum absolute atomic E-state index is 0.478. The van der Waals surface area contributed by atoms with Crippen molar-refractivity contribution in [1.82, 2.24) is 9.97 Å². The molecule has 0 saturated heterocycles. The SMILES string of the molecule is NC(C#Cc1c[nH]cn1)C(=O)O. The molecular formula is C7H7N3O2. The largest absolute Gasteiger partial charge is 0.479 e. The van der Waals surface area contributed by atoms with Gasteiger partial charge >= 0.3 is 5.97 Å². The molecule has 5 heteroatoms. The summed E-state index contributed by atoms with van der Waals surface area (Å²) in [6.07, 6.45) is 3.01. The third-order valence-electron chi connectivity index (χ3n) is 1.12. The highest BCUT2D eigenvalue weighted by atomic mass is 16.4. The minimum atomic E-state index is -1.15. The normalized spacial score (nSPS) is 11.4. The fourth-order valence-electron chi connectivity index (χ4n) is 0.542. The van der Waals surface area contributed by atoms with Gasteiger partial charge in [-0.2, -0.15) is 0 Å². The van der Waals surface area contributed by atoms with Crippen LogP contribution in [0.25, 0.3) is 0 Å². The zero-order chi connectivity index (χ0) is 8.97. The number of H-pyrrole nitrogens is 1. The Hall–Kier alpha value is -1.80. The first-order chi connectivity index (χ1) is 5.70. The molecule has 62 valence electrons. The first-order valence-electron chi connectivity index (χ1n) is 3.19. The average molecular weight is 165 g/mol. The van der Waals surface area contributed by atoms with Gasteiger partial charge in [-0.1, -0.05) is 5.92 Å². The van der Waals surface area contributed by atoms with E-state index in [0.29, 0.717) is 5.69 Å². The second-order valence-electron chi connectivity index (χ2n) is 2.04. The lowest BCUT2D eigenvalue weighted by Crippen LogP contribution is -2.27. The van der Waals surface area contributed by atoms with Crippen LogP contribution in [0.2, 0.25) is 0 Å². The first-order valence-corrected chi connectivity index (χ1v) is 3.19. The molecule has 0 aliphatic rings. The molecule has 5 nitrogen and oxygen atoms in total. The van der Waals surface area contributed by atoms with Crippen LogP contribution in [-0.2, 0) is 4.79 Å². The highest BCUT2D eigenvalue weighted by Crippen LogP contribution is 1.86. The van der Waals surface area contributed by atoms with E-state index < -0.39 is 12.0 Å². The summed E-state index contributed by atoms with van der Waals surface area (Å²) in [5, 5.41) is 8.35. The standard InChI is InChI=1S/C7H7N3O2/c8-6(7(11)12)2-1-5-3-9-4-10-5/h3-4,6H,8H2,(H,9,10)(H,11,12). The molecular weight excluding hydrogens is 158 g/mol. The number of nitrogens with two attached hydrogens (primary N) is 1. The predicted molar refractivity (Wildman–Crippen MR) is 41.1 cm³/mol. The number of carboxylic acid groups (broad SMARTS) is 1. The zero-order valence-corrected chi connectivity index (χ0v) is 6.11. The van der Waals surface area contributed by atoms with E-state index in [1.165, 1.54) is 6.33 Å². The van der Waals surface area contributed by atoms with Crippen molar-refractivity contribution in [3.8, 4) is 11.8 Å². The molecule has 1 atom stereocenters. The molecule has 4 N–H and O–H groups in total. The molecule has 0 fully saturated rings. The van der Waals surface area contributed by atoms with E-state index in [0.717, 1.165) is 0 Å². The number of hydrogen-bond acceptors (Lipinski definition) is 3. The fourth-order valence-corrected chi connectivity index (χ4v) is 0.542. The van der Waals surface area contributed by atoms with E-state index in [1.54, 1.807) is 6.20 Å². The van der Waals surface area contributed by atoms with E-state index in [1.807, 2.05) is 0 Å². The Kier molecular flexibility index (Phi) is 2.46. The maximum atomic E-state index is 10.2. The second-order valence-corrected chi connectivity index (χ2v) is 2.04. The number of hydrogen-bond donors (Lipinski definition) is 3. The average Bonchev–Trinajstić information content (AvgIpc) is 2.51. The van der Waals surface area contributed by atoms with Crippen LogP contribution in [0.4, 0.5) is 0 Å². The van der Waals surface area contributed by atoms with Gasteiger partial charge in [-0.05, 0) is 5.92 Å². The van der Waals surface area contributed by atoms with Crippen LogP contribution < -0.4 is 5.73 Å². The smallest absolute Gasteiger partial charge is 0.333 e. The highest BCUT2D eigenvalue weighted by Gasteiger charge is 2.05. The third kappa shape index (κ3) is 2.11. The first kappa shape index (κ1) is 8.30. The van der Waals surface area contributed by atoms with Crippen LogP contribution in [0, 0.1) is 11.8 Å². The molecule has 1 unspecified atom stereocenters. The predicted octanol–water partition coefficient (Wildman–Crippen LogP) is -0.827. The Bertz CT molecular complexity index is 320. The van der Waals surface area contributed by atoms with Gasteiger partial charge in [0.1, 0.15) is 5.69 Å². The minimum Gasteiger partial charge on any atom is -0.479 e. The van der Waals surface area contributed by atoms with Gasteiger partial charge in [0.15, 0.2) is 6.04 Å². The number of aromatic amines is 1. The fraction of sp³-hybridized carbons (Fsp3) is 0.143. The van der Waals surface area contributed by atoms with Gasteiger partial charge in [-0.3, -0.25) is 0 Å². The highest BCUT2D eigenvalue weighted by molar-refractivity contribution is 5.77. The van der Waals surface area contributed by atoms with Gasteiger partial charge in [0, 0.05) is 6.20 Å². The molecule has 0 aliphatic heterocycles. The molecule has 0 saturated carbocycles. The lowest BCUT2D eigenvalue weighted by molar-refractivity contribution is -0.137. The quantitative estimate of drug-likeness (QED) is 0.474. The molecule has 0 spiro atoms. The number of nitrogens with zero attached hydrogens (tertiary/aromatic N) is 1. The van der Waals surface area contributed by atoms with Gasteiger partial charge in [0.2, 0.25) is 0 Å². The number of carboxylic acids is 1. The van der Waals surface area contributed by atoms with Crippen molar-refractivity contribution in [2.75, 3.05) is 0 Å². The summed E-state index contributed by atoms with van der Waals surface area (Å²) < 4.78 is 0. The van der Waals surface area contributed by atoms with Gasteiger partial charge < -0.3 is 15.8 Å². The van der Waals surface area contributed by atoms with Gasteiger partial charge in [0.05, 0.1) is 6.33 Å². The van der Waals surface area contributed by atoms with Crippen LogP contribution in [0.15, 0.2) is 12.5 Å². The Labute approximate surface area is 68.6 Å². The number of rotatable bonds is 1. The number of imidazole rings is 1. The molecule has 1 heterocycles. The van der Waals surface area contributed by atoms with Crippen molar-refractivity contribution >= 4 is 5.97 Å². The maximum absolute atomic E-state index is 10.2. The summed E-state index contributed by atoms with van der Waals surface area (Å²) in [6, 6.07) is -1.15. The summed E-state index contributed by atoms with van der Waals surface area (Å²) in [5.74, 6) is 3.70. The number of aromatic nitrogens is 2. The van der Waals surface area contributed by atoms with Crippen LogP contribution >= 0.6 is 0 Å². The molecule has 1 aromatic rings. The van der Waals surface area contributed by atoms with Crippen LogP contribution in [0.5, 0.6) is 0 Å². The van der Waals surface area contributed by atoms with Gasteiger partial charge in [0.25, 0.3) is 0 Å². The molecule has 0 amide bonds.